The Kier molecular flexibility index (Phi) is 4.11. The molecule has 3 nitrogen and oxygen atoms in total. The standard InChI is InChI=1S/C16H19FO3S/c1-20-15-9-11(17)5-6-14(15)16(18)10-7-12-3-2-4-13(8-10)21(12)19/h5-6,9-10,12-13H,2-4,7-8H2,1H3. The van der Waals surface area contributed by atoms with Gasteiger partial charge in [-0.3, -0.25) is 9.00 Å². The smallest absolute Gasteiger partial charge is 0.169 e. The predicted molar refractivity (Wildman–Crippen MR) is 79.6 cm³/mol. The molecule has 0 amide bonds. The molecule has 1 aromatic carbocycles. The van der Waals surface area contributed by atoms with Crippen molar-refractivity contribution in [3.63, 3.8) is 0 Å². The van der Waals surface area contributed by atoms with E-state index in [1.807, 2.05) is 0 Å². The summed E-state index contributed by atoms with van der Waals surface area (Å²) < 4.78 is 30.6. The Morgan fingerprint density at radius 2 is 1.95 bits per heavy atom. The van der Waals surface area contributed by atoms with Gasteiger partial charge in [-0.15, -0.1) is 0 Å². The van der Waals surface area contributed by atoms with Crippen molar-refractivity contribution in [2.75, 3.05) is 7.11 Å². The zero-order chi connectivity index (χ0) is 15.0. The second-order valence-electron chi connectivity index (χ2n) is 5.88. The molecule has 0 radical (unpaired) electrons. The van der Waals surface area contributed by atoms with Crippen molar-refractivity contribution in [1.82, 2.24) is 0 Å². The van der Waals surface area contributed by atoms with Crippen LogP contribution in [0.2, 0.25) is 0 Å². The highest BCUT2D eigenvalue weighted by atomic mass is 32.2. The fourth-order valence-corrected chi connectivity index (χ4v) is 5.72. The fraction of sp³-hybridized carbons (Fsp3) is 0.562. The van der Waals surface area contributed by atoms with Gasteiger partial charge in [0, 0.05) is 33.3 Å². The van der Waals surface area contributed by atoms with Crippen LogP contribution in [0.5, 0.6) is 5.75 Å². The van der Waals surface area contributed by atoms with Gasteiger partial charge in [-0.05, 0) is 37.8 Å². The first-order valence-electron chi connectivity index (χ1n) is 7.37. The summed E-state index contributed by atoms with van der Waals surface area (Å²) >= 11 is 0. The molecule has 0 aromatic heterocycles. The third-order valence-electron chi connectivity index (χ3n) is 4.60. The zero-order valence-corrected chi connectivity index (χ0v) is 12.8. The predicted octanol–water partition coefficient (Wildman–Crippen LogP) is 3.10. The maximum Gasteiger partial charge on any atom is 0.169 e. The molecule has 2 saturated heterocycles. The molecule has 2 unspecified atom stereocenters. The summed E-state index contributed by atoms with van der Waals surface area (Å²) in [7, 11) is 0.657. The lowest BCUT2D eigenvalue weighted by atomic mass is 9.84. The van der Waals surface area contributed by atoms with Crippen LogP contribution >= 0.6 is 0 Å². The number of Topliss-reactive ketones (excluding diaryl/α,β-unsaturated/α-hetero) is 1. The van der Waals surface area contributed by atoms with E-state index in [4.69, 9.17) is 4.74 Å². The molecule has 2 aliphatic heterocycles. The molecule has 2 fully saturated rings. The Morgan fingerprint density at radius 1 is 1.29 bits per heavy atom. The van der Waals surface area contributed by atoms with Crippen LogP contribution in [0.15, 0.2) is 18.2 Å². The van der Waals surface area contributed by atoms with Crippen molar-refractivity contribution in [2.24, 2.45) is 5.92 Å². The number of carbonyl (C=O) groups excluding carboxylic acids is 1. The molecule has 2 aliphatic rings. The molecule has 0 aliphatic carbocycles. The van der Waals surface area contributed by atoms with E-state index in [-0.39, 0.29) is 28.0 Å². The normalized spacial score (nSPS) is 31.7. The number of ketones is 1. The van der Waals surface area contributed by atoms with Gasteiger partial charge in [0.15, 0.2) is 5.78 Å². The van der Waals surface area contributed by atoms with E-state index < -0.39 is 16.6 Å². The first kappa shape index (κ1) is 14.7. The number of hydrogen-bond donors (Lipinski definition) is 0. The molecule has 114 valence electrons. The highest BCUT2D eigenvalue weighted by molar-refractivity contribution is 7.86. The summed E-state index contributed by atoms with van der Waals surface area (Å²) in [6.45, 7) is 0. The average Bonchev–Trinajstić information content (AvgIpc) is 2.46. The third-order valence-corrected chi connectivity index (χ3v) is 6.77. The van der Waals surface area contributed by atoms with Crippen LogP contribution in [0.3, 0.4) is 0 Å². The van der Waals surface area contributed by atoms with Crippen molar-refractivity contribution < 1.29 is 18.1 Å². The van der Waals surface area contributed by atoms with Gasteiger partial charge in [0.2, 0.25) is 0 Å². The number of carbonyl (C=O) groups is 1. The van der Waals surface area contributed by atoms with Crippen LogP contribution in [0.25, 0.3) is 0 Å². The van der Waals surface area contributed by atoms with Crippen molar-refractivity contribution in [1.29, 1.82) is 0 Å². The van der Waals surface area contributed by atoms with Gasteiger partial charge in [-0.1, -0.05) is 6.42 Å². The lowest BCUT2D eigenvalue weighted by molar-refractivity contribution is 0.0892. The Bertz CT molecular complexity index is 571. The van der Waals surface area contributed by atoms with Crippen molar-refractivity contribution >= 4 is 16.6 Å². The highest BCUT2D eigenvalue weighted by Crippen LogP contribution is 2.39. The largest absolute Gasteiger partial charge is 0.496 e. The van der Waals surface area contributed by atoms with E-state index in [2.05, 4.69) is 0 Å². The lowest BCUT2D eigenvalue weighted by Crippen LogP contribution is -2.41. The Labute approximate surface area is 126 Å². The van der Waals surface area contributed by atoms with Crippen LogP contribution in [0.1, 0.15) is 42.5 Å². The topological polar surface area (TPSA) is 43.4 Å². The Balaban J connectivity index is 1.84. The van der Waals surface area contributed by atoms with E-state index in [1.54, 1.807) is 0 Å². The molecule has 5 heteroatoms. The molecular formula is C16H19FO3S. The molecule has 2 bridgehead atoms. The van der Waals surface area contributed by atoms with Gasteiger partial charge in [-0.25, -0.2) is 4.39 Å². The van der Waals surface area contributed by atoms with E-state index in [9.17, 15) is 13.4 Å². The molecule has 2 heterocycles. The minimum atomic E-state index is -0.784. The van der Waals surface area contributed by atoms with Gasteiger partial charge in [0.05, 0.1) is 12.7 Å². The molecule has 3 rings (SSSR count). The molecule has 1 aromatic rings. The molecule has 21 heavy (non-hydrogen) atoms. The van der Waals surface area contributed by atoms with Crippen LogP contribution in [0.4, 0.5) is 4.39 Å². The summed E-state index contributed by atoms with van der Waals surface area (Å²) in [4.78, 5) is 12.7. The third kappa shape index (κ3) is 2.76. The monoisotopic (exact) mass is 310 g/mol. The first-order chi connectivity index (χ1) is 10.1. The first-order valence-corrected chi connectivity index (χ1v) is 8.65. The quantitative estimate of drug-likeness (QED) is 0.806. The highest BCUT2D eigenvalue weighted by Gasteiger charge is 2.41. The van der Waals surface area contributed by atoms with Crippen LogP contribution in [0, 0.1) is 11.7 Å². The SMILES string of the molecule is COc1cc(F)ccc1C(=O)C1CC2CCCC(C1)S2=O. The summed E-state index contributed by atoms with van der Waals surface area (Å²) in [6.07, 6.45) is 4.38. The molecule has 0 saturated carbocycles. The maximum atomic E-state index is 13.2. The van der Waals surface area contributed by atoms with Gasteiger partial charge < -0.3 is 4.74 Å². The van der Waals surface area contributed by atoms with Crippen LogP contribution < -0.4 is 4.74 Å². The van der Waals surface area contributed by atoms with E-state index in [0.29, 0.717) is 18.4 Å². The zero-order valence-electron chi connectivity index (χ0n) is 12.0. The number of benzene rings is 1. The van der Waals surface area contributed by atoms with Crippen LogP contribution in [-0.4, -0.2) is 27.6 Å². The number of hydrogen-bond acceptors (Lipinski definition) is 3. The molecule has 0 N–H and O–H groups in total. The fourth-order valence-electron chi connectivity index (χ4n) is 3.54. The lowest BCUT2D eigenvalue weighted by Gasteiger charge is -2.37. The second kappa shape index (κ2) is 5.87. The number of methoxy groups -OCH3 is 1. The van der Waals surface area contributed by atoms with Crippen molar-refractivity contribution in [2.45, 2.75) is 42.6 Å². The summed E-state index contributed by atoms with van der Waals surface area (Å²) in [5.41, 5.74) is 0.439. The minimum absolute atomic E-state index is 0.000417. The Hall–Kier alpha value is -1.23. The van der Waals surface area contributed by atoms with Crippen molar-refractivity contribution in [3.05, 3.63) is 29.6 Å². The number of rotatable bonds is 3. The second-order valence-corrected chi connectivity index (χ2v) is 7.87. The summed E-state index contributed by atoms with van der Waals surface area (Å²) in [6, 6.07) is 4.03. The van der Waals surface area contributed by atoms with E-state index in [0.717, 1.165) is 19.3 Å². The average molecular weight is 310 g/mol. The van der Waals surface area contributed by atoms with Crippen LogP contribution in [-0.2, 0) is 10.8 Å². The molecule has 0 spiro atoms. The van der Waals surface area contributed by atoms with Gasteiger partial charge in [0.25, 0.3) is 0 Å². The summed E-state index contributed by atoms with van der Waals surface area (Å²) in [5, 5.41) is 0.302. The Morgan fingerprint density at radius 3 is 2.57 bits per heavy atom. The maximum absolute atomic E-state index is 13.2. The van der Waals surface area contributed by atoms with Gasteiger partial charge >= 0.3 is 0 Å². The number of ether oxygens (including phenoxy) is 1. The minimum Gasteiger partial charge on any atom is -0.496 e. The van der Waals surface area contributed by atoms with E-state index in [1.165, 1.54) is 25.3 Å². The number of fused-ring (bicyclic) bond motifs is 2. The summed E-state index contributed by atoms with van der Waals surface area (Å²) in [5.74, 6) is -0.236. The van der Waals surface area contributed by atoms with Crippen molar-refractivity contribution in [3.8, 4) is 5.75 Å². The van der Waals surface area contributed by atoms with E-state index >= 15 is 0 Å². The van der Waals surface area contributed by atoms with Gasteiger partial charge in [-0.2, -0.15) is 0 Å². The molecular weight excluding hydrogens is 291 g/mol. The van der Waals surface area contributed by atoms with Gasteiger partial charge in [0.1, 0.15) is 11.6 Å². The molecule has 2 atom stereocenters. The number of halogens is 1.